The van der Waals surface area contributed by atoms with E-state index in [1.807, 2.05) is 85.2 Å². The first-order chi connectivity index (χ1) is 19.9. The Hall–Kier alpha value is -4.15. The fourth-order valence-electron chi connectivity index (χ4n) is 5.01. The lowest BCUT2D eigenvalue weighted by Crippen LogP contribution is -2.39. The van der Waals surface area contributed by atoms with E-state index in [9.17, 15) is 4.79 Å². The van der Waals surface area contributed by atoms with Gasteiger partial charge in [0.1, 0.15) is 11.6 Å². The molecule has 2 N–H and O–H groups in total. The van der Waals surface area contributed by atoms with Crippen LogP contribution in [-0.4, -0.2) is 84.9 Å². The van der Waals surface area contributed by atoms with E-state index >= 15 is 0 Å². The largest absolute Gasteiger partial charge is 0.439 e. The zero-order valence-electron chi connectivity index (χ0n) is 23.9. The summed E-state index contributed by atoms with van der Waals surface area (Å²) in [5, 5.41) is 11.3. The summed E-state index contributed by atoms with van der Waals surface area (Å²) in [6, 6.07) is 16.0. The summed E-state index contributed by atoms with van der Waals surface area (Å²) in [4.78, 5) is 22.0. The predicted molar refractivity (Wildman–Crippen MR) is 160 cm³/mol. The van der Waals surface area contributed by atoms with Crippen molar-refractivity contribution in [1.82, 2.24) is 24.8 Å². The average Bonchev–Trinajstić information content (AvgIpc) is 3.68. The molecule has 2 aromatic heterocycles. The number of benzene rings is 2. The predicted octanol–water partition coefficient (Wildman–Crippen LogP) is 4.20. The number of amides is 1. The van der Waals surface area contributed by atoms with Crippen LogP contribution in [0.25, 0.3) is 16.8 Å². The Morgan fingerprint density at radius 3 is 2.71 bits per heavy atom. The van der Waals surface area contributed by atoms with Gasteiger partial charge in [-0.2, -0.15) is 14.6 Å². The molecule has 1 saturated heterocycles. The molecule has 0 bridgehead atoms. The third-order valence-corrected chi connectivity index (χ3v) is 7.54. The molecule has 1 aliphatic carbocycles. The number of morpholine rings is 1. The van der Waals surface area contributed by atoms with Gasteiger partial charge >= 0.3 is 0 Å². The minimum atomic E-state index is -0.0167. The van der Waals surface area contributed by atoms with Crippen molar-refractivity contribution >= 4 is 23.1 Å². The van der Waals surface area contributed by atoms with Gasteiger partial charge in [-0.25, -0.2) is 0 Å². The quantitative estimate of drug-likeness (QED) is 0.301. The van der Waals surface area contributed by atoms with Crippen LogP contribution in [0.1, 0.15) is 28.8 Å². The molecule has 214 valence electrons. The molecule has 1 saturated carbocycles. The number of nitrogens with one attached hydrogen (secondary N) is 2. The summed E-state index contributed by atoms with van der Waals surface area (Å²) >= 11 is 0. The lowest BCUT2D eigenvalue weighted by atomic mass is 10.0. The van der Waals surface area contributed by atoms with E-state index < -0.39 is 0 Å². The Morgan fingerprint density at radius 1 is 1.12 bits per heavy atom. The van der Waals surface area contributed by atoms with Crippen LogP contribution in [0.3, 0.4) is 0 Å². The maximum absolute atomic E-state index is 12.7. The molecule has 0 atom stereocenters. The van der Waals surface area contributed by atoms with E-state index in [1.54, 1.807) is 0 Å². The van der Waals surface area contributed by atoms with Crippen LogP contribution >= 0.6 is 0 Å². The van der Waals surface area contributed by atoms with Crippen LogP contribution in [0, 0.1) is 6.92 Å². The van der Waals surface area contributed by atoms with Crippen molar-refractivity contribution in [2.75, 3.05) is 63.7 Å². The fourth-order valence-corrected chi connectivity index (χ4v) is 5.01. The first kappa shape index (κ1) is 27.0. The molecule has 0 spiro atoms. The van der Waals surface area contributed by atoms with Gasteiger partial charge in [0.15, 0.2) is 5.65 Å². The van der Waals surface area contributed by atoms with Crippen molar-refractivity contribution in [2.45, 2.75) is 25.8 Å². The van der Waals surface area contributed by atoms with Crippen LogP contribution in [0.2, 0.25) is 0 Å². The first-order valence-electron chi connectivity index (χ1n) is 14.2. The zero-order chi connectivity index (χ0) is 28.3. The molecule has 6 rings (SSSR count). The number of ether oxygens (including phenoxy) is 2. The van der Waals surface area contributed by atoms with Gasteiger partial charge in [0.2, 0.25) is 5.88 Å². The van der Waals surface area contributed by atoms with E-state index in [0.29, 0.717) is 28.9 Å². The van der Waals surface area contributed by atoms with Gasteiger partial charge in [-0.05, 0) is 49.1 Å². The number of carbonyl (C=O) groups excluding carboxylic acids is 1. The van der Waals surface area contributed by atoms with Crippen molar-refractivity contribution < 1.29 is 14.3 Å². The molecule has 0 radical (unpaired) electrons. The average molecular weight is 556 g/mol. The smallest absolute Gasteiger partial charge is 0.251 e. The number of anilines is 2. The Kier molecular flexibility index (Phi) is 7.76. The molecule has 41 heavy (non-hydrogen) atoms. The summed E-state index contributed by atoms with van der Waals surface area (Å²) in [6.07, 6.45) is 3.94. The highest BCUT2D eigenvalue weighted by molar-refractivity contribution is 5.97. The number of aromatic nitrogens is 3. The fraction of sp³-hybridized carbons (Fsp3) is 0.387. The van der Waals surface area contributed by atoms with Gasteiger partial charge < -0.3 is 25.0 Å². The maximum atomic E-state index is 12.7. The van der Waals surface area contributed by atoms with E-state index in [0.717, 1.165) is 80.4 Å². The lowest BCUT2D eigenvalue weighted by molar-refractivity contribution is 0.0398. The van der Waals surface area contributed by atoms with Gasteiger partial charge in [0, 0.05) is 75.3 Å². The molecule has 1 amide bonds. The van der Waals surface area contributed by atoms with Crippen LogP contribution in [0.4, 0.5) is 11.5 Å². The molecule has 10 heteroatoms. The topological polar surface area (TPSA) is 96.3 Å². The van der Waals surface area contributed by atoms with Crippen molar-refractivity contribution in [3.63, 3.8) is 0 Å². The Bertz CT molecular complexity index is 1540. The van der Waals surface area contributed by atoms with Crippen molar-refractivity contribution in [1.29, 1.82) is 0 Å². The van der Waals surface area contributed by atoms with Gasteiger partial charge in [-0.3, -0.25) is 9.69 Å². The SMILES string of the molecule is Cc1cc(-c2cnn3c(NCCN4CCOCC4)cc(Oc4cccc(N(C)C)c4)nc23)ccc1C(=O)NC1CC1. The standard InChI is InChI=1S/C31H37N7O3/c1-21-17-22(7-10-26(21)31(39)34-23-8-9-23)27-20-33-38-28(32-11-12-37-13-15-40-16-14-37)19-29(35-30(27)38)41-25-6-4-5-24(18-25)36(2)3/h4-7,10,17-20,23,32H,8-9,11-16H2,1-3H3,(H,34,39). The molecular formula is C31H37N7O3. The van der Waals surface area contributed by atoms with E-state index in [4.69, 9.17) is 19.6 Å². The normalized spacial score (nSPS) is 15.6. The number of nitrogens with zero attached hydrogens (tertiary/aromatic N) is 5. The summed E-state index contributed by atoms with van der Waals surface area (Å²) in [5.74, 6) is 1.96. The molecule has 2 aliphatic rings. The van der Waals surface area contributed by atoms with Gasteiger partial charge in [-0.1, -0.05) is 18.2 Å². The number of hydrogen-bond donors (Lipinski definition) is 2. The molecule has 10 nitrogen and oxygen atoms in total. The molecule has 2 aromatic carbocycles. The van der Waals surface area contributed by atoms with Crippen LogP contribution in [0.15, 0.2) is 54.7 Å². The maximum Gasteiger partial charge on any atom is 0.251 e. The van der Waals surface area contributed by atoms with Gasteiger partial charge in [0.05, 0.1) is 19.4 Å². The number of rotatable bonds is 10. The van der Waals surface area contributed by atoms with Gasteiger partial charge in [0.25, 0.3) is 5.91 Å². The minimum absolute atomic E-state index is 0.0167. The Morgan fingerprint density at radius 2 is 1.95 bits per heavy atom. The number of fused-ring (bicyclic) bond motifs is 1. The highest BCUT2D eigenvalue weighted by Crippen LogP contribution is 2.32. The second kappa shape index (κ2) is 11.8. The van der Waals surface area contributed by atoms with Crippen LogP contribution in [0.5, 0.6) is 11.6 Å². The Balaban J connectivity index is 1.32. The first-order valence-corrected chi connectivity index (χ1v) is 14.2. The Labute approximate surface area is 240 Å². The van der Waals surface area contributed by atoms with Crippen LogP contribution < -0.4 is 20.3 Å². The number of aryl methyl sites for hydroxylation is 1. The van der Waals surface area contributed by atoms with E-state index in [2.05, 4.69) is 15.5 Å². The number of carbonyl (C=O) groups is 1. The minimum Gasteiger partial charge on any atom is -0.439 e. The highest BCUT2D eigenvalue weighted by Gasteiger charge is 2.24. The molecule has 2 fully saturated rings. The van der Waals surface area contributed by atoms with Crippen LogP contribution in [-0.2, 0) is 4.74 Å². The summed E-state index contributed by atoms with van der Waals surface area (Å²) in [6.45, 7) is 7.02. The molecule has 3 heterocycles. The molecular weight excluding hydrogens is 518 g/mol. The van der Waals surface area contributed by atoms with Crippen molar-refractivity contribution in [3.8, 4) is 22.8 Å². The van der Waals surface area contributed by atoms with Crippen molar-refractivity contribution in [3.05, 3.63) is 65.9 Å². The summed E-state index contributed by atoms with van der Waals surface area (Å²) in [5.41, 5.74) is 5.13. The number of hydrogen-bond acceptors (Lipinski definition) is 8. The molecule has 0 unspecified atom stereocenters. The monoisotopic (exact) mass is 555 g/mol. The highest BCUT2D eigenvalue weighted by atomic mass is 16.5. The van der Waals surface area contributed by atoms with Gasteiger partial charge in [-0.15, -0.1) is 0 Å². The second-order valence-electron chi connectivity index (χ2n) is 10.9. The third-order valence-electron chi connectivity index (χ3n) is 7.54. The third kappa shape index (κ3) is 6.28. The van der Waals surface area contributed by atoms with E-state index in [1.165, 1.54) is 0 Å². The van der Waals surface area contributed by atoms with Crippen molar-refractivity contribution in [2.24, 2.45) is 0 Å². The molecule has 1 aliphatic heterocycles. The second-order valence-corrected chi connectivity index (χ2v) is 10.9. The summed E-state index contributed by atoms with van der Waals surface area (Å²) < 4.78 is 13.6. The lowest BCUT2D eigenvalue weighted by Gasteiger charge is -2.26. The zero-order valence-corrected chi connectivity index (χ0v) is 23.9. The summed E-state index contributed by atoms with van der Waals surface area (Å²) in [7, 11) is 4.00. The van der Waals surface area contributed by atoms with E-state index in [-0.39, 0.29) is 5.91 Å². The molecule has 4 aromatic rings.